The molecule has 1 aromatic heterocycles. The molecule has 0 spiro atoms. The quantitative estimate of drug-likeness (QED) is 0.789. The molecule has 0 radical (unpaired) electrons. The summed E-state index contributed by atoms with van der Waals surface area (Å²) < 4.78 is 26.9. The van der Waals surface area contributed by atoms with Crippen molar-refractivity contribution in [3.63, 3.8) is 0 Å². The Morgan fingerprint density at radius 3 is 2.85 bits per heavy atom. The van der Waals surface area contributed by atoms with Gasteiger partial charge in [0.25, 0.3) is 15.9 Å². The smallest absolute Gasteiger partial charge is 0.263 e. The molecule has 3 rings (SSSR count). The zero-order valence-corrected chi connectivity index (χ0v) is 16.2. The molecule has 9 heteroatoms. The van der Waals surface area contributed by atoms with Crippen molar-refractivity contribution in [3.8, 4) is 0 Å². The van der Waals surface area contributed by atoms with E-state index in [9.17, 15) is 13.2 Å². The molecule has 1 aromatic carbocycles. The van der Waals surface area contributed by atoms with Gasteiger partial charge in [-0.1, -0.05) is 31.9 Å². The highest BCUT2D eigenvalue weighted by atomic mass is 32.2. The minimum Gasteiger partial charge on any atom is -0.300 e. The van der Waals surface area contributed by atoms with E-state index in [0.29, 0.717) is 17.1 Å². The number of aliphatic imine (C=N–C) groups is 1. The number of amides is 1. The van der Waals surface area contributed by atoms with E-state index < -0.39 is 16.1 Å². The van der Waals surface area contributed by atoms with Crippen LogP contribution in [0.4, 0.5) is 5.13 Å². The minimum atomic E-state index is -3.62. The van der Waals surface area contributed by atoms with Crippen molar-refractivity contribution in [3.05, 3.63) is 40.9 Å². The van der Waals surface area contributed by atoms with Gasteiger partial charge in [-0.25, -0.2) is 13.4 Å². The van der Waals surface area contributed by atoms with E-state index in [0.717, 1.165) is 18.5 Å². The third-order valence-electron chi connectivity index (χ3n) is 3.93. The monoisotopic (exact) mass is 392 g/mol. The number of anilines is 1. The minimum absolute atomic E-state index is 0.184. The van der Waals surface area contributed by atoms with E-state index in [1.807, 2.05) is 19.2 Å². The fraction of sp³-hybridized carbons (Fsp3) is 0.353. The first kappa shape index (κ1) is 18.5. The highest BCUT2D eigenvalue weighted by Gasteiger charge is 2.31. The summed E-state index contributed by atoms with van der Waals surface area (Å²) in [7, 11) is -3.62. The average molecular weight is 393 g/mol. The Bertz CT molecular complexity index is 950. The van der Waals surface area contributed by atoms with Gasteiger partial charge in [-0.15, -0.1) is 11.3 Å². The maximum atomic E-state index is 12.7. The van der Waals surface area contributed by atoms with E-state index in [-0.39, 0.29) is 16.6 Å². The fourth-order valence-electron chi connectivity index (χ4n) is 2.64. The van der Waals surface area contributed by atoms with E-state index in [4.69, 9.17) is 0 Å². The largest absolute Gasteiger partial charge is 0.300 e. The first-order valence-corrected chi connectivity index (χ1v) is 10.7. The second-order valence-electron chi connectivity index (χ2n) is 6.02. The Labute approximate surface area is 156 Å². The predicted molar refractivity (Wildman–Crippen MR) is 102 cm³/mol. The number of hydrogen-bond donors (Lipinski definition) is 2. The molecule has 1 aliphatic heterocycles. The van der Waals surface area contributed by atoms with Crippen molar-refractivity contribution in [2.45, 2.75) is 44.0 Å². The topological polar surface area (TPSA) is 101 Å². The average Bonchev–Trinajstić information content (AvgIpc) is 3.12. The summed E-state index contributed by atoms with van der Waals surface area (Å²) in [6, 6.07) is 5.93. The molecule has 0 aliphatic carbocycles. The van der Waals surface area contributed by atoms with E-state index in [1.165, 1.54) is 17.4 Å². The van der Waals surface area contributed by atoms with Crippen LogP contribution in [-0.4, -0.2) is 31.2 Å². The van der Waals surface area contributed by atoms with Gasteiger partial charge in [-0.3, -0.25) is 14.5 Å². The third kappa shape index (κ3) is 3.94. The standard InChI is InChI=1S/C17H20N4O3S2/c1-3-4-8-13(16(22)20-17-18-11(2)10-25-17)19-15-12-7-5-6-9-14(12)26(23,24)21-15/h5-7,9-10,13H,3-4,8H2,1-2H3,(H,19,21)(H,18,20,22). The molecule has 0 bridgehead atoms. The first-order chi connectivity index (χ1) is 12.4. The molecule has 0 saturated heterocycles. The van der Waals surface area contributed by atoms with Gasteiger partial charge >= 0.3 is 0 Å². The van der Waals surface area contributed by atoms with Gasteiger partial charge in [-0.2, -0.15) is 0 Å². The van der Waals surface area contributed by atoms with E-state index in [1.54, 1.807) is 18.2 Å². The number of nitrogens with one attached hydrogen (secondary N) is 2. The molecular weight excluding hydrogens is 372 g/mol. The van der Waals surface area contributed by atoms with Crippen LogP contribution in [-0.2, 0) is 14.8 Å². The highest BCUT2D eigenvalue weighted by molar-refractivity contribution is 7.90. The van der Waals surface area contributed by atoms with E-state index >= 15 is 0 Å². The molecule has 2 N–H and O–H groups in total. The Hall–Kier alpha value is -2.26. The SMILES string of the molecule is CCCCC(N=C1NS(=O)(=O)c2ccccc21)C(=O)Nc1nc(C)cs1. The van der Waals surface area contributed by atoms with Gasteiger partial charge in [0.15, 0.2) is 5.13 Å². The summed E-state index contributed by atoms with van der Waals surface area (Å²) >= 11 is 1.35. The Morgan fingerprint density at radius 2 is 2.15 bits per heavy atom. The van der Waals surface area contributed by atoms with Gasteiger partial charge in [-0.05, 0) is 25.5 Å². The second-order valence-corrected chi connectivity index (χ2v) is 8.53. The van der Waals surface area contributed by atoms with Crippen molar-refractivity contribution in [1.82, 2.24) is 9.71 Å². The van der Waals surface area contributed by atoms with Gasteiger partial charge in [0.1, 0.15) is 11.9 Å². The van der Waals surface area contributed by atoms with Crippen LogP contribution in [0, 0.1) is 6.92 Å². The molecule has 26 heavy (non-hydrogen) atoms. The number of nitrogens with zero attached hydrogens (tertiary/aromatic N) is 2. The van der Waals surface area contributed by atoms with Crippen molar-refractivity contribution in [2.24, 2.45) is 4.99 Å². The molecule has 1 atom stereocenters. The number of carbonyl (C=O) groups is 1. The molecule has 2 heterocycles. The summed E-state index contributed by atoms with van der Waals surface area (Å²) in [5.74, 6) is -0.0731. The first-order valence-electron chi connectivity index (χ1n) is 8.33. The zero-order chi connectivity index (χ0) is 18.7. The molecule has 138 valence electrons. The molecule has 1 amide bonds. The van der Waals surface area contributed by atoms with Crippen molar-refractivity contribution >= 4 is 38.2 Å². The number of unbranched alkanes of at least 4 members (excludes halogenated alkanes) is 1. The van der Waals surface area contributed by atoms with Crippen LogP contribution in [0.2, 0.25) is 0 Å². The lowest BCUT2D eigenvalue weighted by Gasteiger charge is -2.12. The third-order valence-corrected chi connectivity index (χ3v) is 6.20. The van der Waals surface area contributed by atoms with Gasteiger partial charge in [0.2, 0.25) is 0 Å². The van der Waals surface area contributed by atoms with Crippen LogP contribution in [0.1, 0.15) is 37.4 Å². The number of benzene rings is 1. The van der Waals surface area contributed by atoms with E-state index in [2.05, 4.69) is 20.0 Å². The molecule has 1 unspecified atom stereocenters. The summed E-state index contributed by atoms with van der Waals surface area (Å²) in [5, 5.41) is 5.14. The number of rotatable bonds is 6. The molecule has 0 fully saturated rings. The maximum absolute atomic E-state index is 12.7. The summed E-state index contributed by atoms with van der Waals surface area (Å²) in [5.41, 5.74) is 1.33. The fourth-order valence-corrected chi connectivity index (χ4v) is 4.57. The molecular formula is C17H20N4O3S2. The normalized spacial score (nSPS) is 17.5. The van der Waals surface area contributed by atoms with Gasteiger partial charge in [0, 0.05) is 10.9 Å². The molecule has 1 aliphatic rings. The maximum Gasteiger partial charge on any atom is 0.263 e. The number of hydrogen-bond acceptors (Lipinski definition) is 6. The van der Waals surface area contributed by atoms with Gasteiger partial charge in [0.05, 0.1) is 10.6 Å². The molecule has 7 nitrogen and oxygen atoms in total. The number of amidine groups is 1. The predicted octanol–water partition coefficient (Wildman–Crippen LogP) is 2.69. The van der Waals surface area contributed by atoms with Gasteiger partial charge < -0.3 is 5.32 Å². The zero-order valence-electron chi connectivity index (χ0n) is 14.5. The van der Waals surface area contributed by atoms with Crippen LogP contribution in [0.25, 0.3) is 0 Å². The summed E-state index contributed by atoms with van der Waals surface area (Å²) in [6.45, 7) is 3.88. The molecule has 2 aromatic rings. The number of aromatic nitrogens is 1. The van der Waals surface area contributed by atoms with Crippen molar-refractivity contribution < 1.29 is 13.2 Å². The number of sulfonamides is 1. The van der Waals surface area contributed by atoms with Crippen LogP contribution in [0.15, 0.2) is 39.5 Å². The van der Waals surface area contributed by atoms with Crippen LogP contribution in [0.3, 0.4) is 0 Å². The number of carbonyl (C=O) groups excluding carboxylic acids is 1. The van der Waals surface area contributed by atoms with Crippen LogP contribution < -0.4 is 10.0 Å². The highest BCUT2D eigenvalue weighted by Crippen LogP contribution is 2.23. The summed E-state index contributed by atoms with van der Waals surface area (Å²) in [4.78, 5) is 21.5. The van der Waals surface area contributed by atoms with Crippen molar-refractivity contribution in [1.29, 1.82) is 0 Å². The lowest BCUT2D eigenvalue weighted by molar-refractivity contribution is -0.117. The lowest BCUT2D eigenvalue weighted by atomic mass is 10.1. The Kier molecular flexibility index (Phi) is 5.38. The number of thiazole rings is 1. The second kappa shape index (κ2) is 7.55. The number of aryl methyl sites for hydroxylation is 1. The van der Waals surface area contributed by atoms with Crippen molar-refractivity contribution in [2.75, 3.05) is 5.32 Å². The molecule has 0 saturated carbocycles. The van der Waals surface area contributed by atoms with Crippen LogP contribution in [0.5, 0.6) is 0 Å². The number of fused-ring (bicyclic) bond motifs is 1. The summed E-state index contributed by atoms with van der Waals surface area (Å²) in [6.07, 6.45) is 2.24. The van der Waals surface area contributed by atoms with Crippen LogP contribution >= 0.6 is 11.3 Å². The Balaban J connectivity index is 1.89. The Morgan fingerprint density at radius 1 is 1.38 bits per heavy atom. The lowest BCUT2D eigenvalue weighted by Crippen LogP contribution is -2.30.